The molecule has 1 fully saturated rings. The van der Waals surface area contributed by atoms with E-state index in [9.17, 15) is 19.3 Å². The fraction of sp³-hybridized carbons (Fsp3) is 0.407. The number of carbonyl (C=O) groups is 1. The quantitative estimate of drug-likeness (QED) is 0.358. The van der Waals surface area contributed by atoms with Crippen LogP contribution in [-0.4, -0.2) is 64.8 Å². The first-order valence-corrected chi connectivity index (χ1v) is 12.7. The summed E-state index contributed by atoms with van der Waals surface area (Å²) in [5, 5.41) is 15.8. The fourth-order valence-corrected chi connectivity index (χ4v) is 5.31. The second-order valence-corrected chi connectivity index (χ2v) is 9.65. The summed E-state index contributed by atoms with van der Waals surface area (Å²) in [5.41, 5.74) is 3.57. The molecule has 0 spiro atoms. The summed E-state index contributed by atoms with van der Waals surface area (Å²) in [4.78, 5) is 30.8. The average Bonchev–Trinajstić information content (AvgIpc) is 3.25. The molecule has 2 aromatic carbocycles. The predicted octanol–water partition coefficient (Wildman–Crippen LogP) is 3.82. The van der Waals surface area contributed by atoms with Crippen LogP contribution in [0.1, 0.15) is 34.5 Å². The summed E-state index contributed by atoms with van der Waals surface area (Å²) in [6, 6.07) is 12.4. The first-order valence-electron chi connectivity index (χ1n) is 12.7. The van der Waals surface area contributed by atoms with Crippen molar-refractivity contribution in [1.29, 1.82) is 0 Å². The van der Waals surface area contributed by atoms with E-state index in [0.717, 1.165) is 74.6 Å². The number of amides is 1. The molecule has 0 saturated carbocycles. The Morgan fingerprint density at radius 1 is 1.03 bits per heavy atom. The molecule has 2 aliphatic rings. The Balaban J connectivity index is 1.33. The molecule has 10 heteroatoms. The molecule has 1 saturated heterocycles. The summed E-state index contributed by atoms with van der Waals surface area (Å²) in [7, 11) is 1.88. The third-order valence-corrected chi connectivity index (χ3v) is 7.32. The van der Waals surface area contributed by atoms with Crippen LogP contribution in [0.3, 0.4) is 0 Å². The Hall–Kier alpha value is -3.79. The van der Waals surface area contributed by atoms with Gasteiger partial charge in [-0.3, -0.25) is 29.4 Å². The van der Waals surface area contributed by atoms with Gasteiger partial charge in [-0.25, -0.2) is 4.39 Å². The van der Waals surface area contributed by atoms with Crippen molar-refractivity contribution in [1.82, 2.24) is 14.7 Å². The topological polar surface area (TPSA) is 87.8 Å². The number of benzene rings is 2. The van der Waals surface area contributed by atoms with Gasteiger partial charge in [0.05, 0.1) is 10.6 Å². The molecule has 1 amide bonds. The highest BCUT2D eigenvalue weighted by molar-refractivity contribution is 6.06. The van der Waals surface area contributed by atoms with Crippen LogP contribution in [0.4, 0.5) is 21.6 Å². The van der Waals surface area contributed by atoms with E-state index in [1.807, 2.05) is 11.7 Å². The number of nitrogens with zero attached hydrogens (tertiary/aromatic N) is 6. The van der Waals surface area contributed by atoms with E-state index in [2.05, 4.69) is 9.80 Å². The molecule has 1 aliphatic heterocycles. The van der Waals surface area contributed by atoms with Crippen LogP contribution in [0, 0.1) is 15.9 Å². The first-order chi connectivity index (χ1) is 17.9. The number of rotatable bonds is 7. The minimum Gasteiger partial charge on any atom is -0.369 e. The Kier molecular flexibility index (Phi) is 7.18. The molecular weight excluding hydrogens is 475 g/mol. The van der Waals surface area contributed by atoms with Gasteiger partial charge < -0.3 is 4.90 Å². The highest BCUT2D eigenvalue weighted by atomic mass is 19.1. The van der Waals surface area contributed by atoms with E-state index >= 15 is 0 Å². The molecule has 194 valence electrons. The number of halogens is 1. The van der Waals surface area contributed by atoms with Crippen molar-refractivity contribution in [3.63, 3.8) is 0 Å². The van der Waals surface area contributed by atoms with Crippen molar-refractivity contribution in [3.05, 3.63) is 81.3 Å². The van der Waals surface area contributed by atoms with Gasteiger partial charge in [0.1, 0.15) is 11.6 Å². The van der Waals surface area contributed by atoms with Gasteiger partial charge in [-0.15, -0.1) is 0 Å². The van der Waals surface area contributed by atoms with Crippen molar-refractivity contribution in [2.45, 2.75) is 25.7 Å². The lowest BCUT2D eigenvalue weighted by atomic mass is 9.97. The van der Waals surface area contributed by atoms with Gasteiger partial charge >= 0.3 is 0 Å². The van der Waals surface area contributed by atoms with Gasteiger partial charge in [0, 0.05) is 75.3 Å². The monoisotopic (exact) mass is 506 g/mol. The number of non-ortho nitro benzene ring substituents is 1. The SMILES string of the molecule is Cn1nc2c(c1N(CCN1CCN(c3ccc(F)cc3)CC1)C(=O)c1ccc([N+](=O)[O-])cc1)CCCC2. The van der Waals surface area contributed by atoms with Crippen LogP contribution >= 0.6 is 0 Å². The highest BCUT2D eigenvalue weighted by Crippen LogP contribution is 2.31. The summed E-state index contributed by atoms with van der Waals surface area (Å²) in [6.45, 7) is 4.49. The molecule has 2 heterocycles. The molecular formula is C27H31FN6O3. The second-order valence-electron chi connectivity index (χ2n) is 9.65. The van der Waals surface area contributed by atoms with E-state index < -0.39 is 4.92 Å². The number of piperazine rings is 1. The number of hydrogen-bond donors (Lipinski definition) is 0. The number of aromatic nitrogens is 2. The third kappa shape index (κ3) is 5.34. The molecule has 0 radical (unpaired) electrons. The summed E-state index contributed by atoms with van der Waals surface area (Å²) < 4.78 is 15.1. The average molecular weight is 507 g/mol. The second kappa shape index (κ2) is 10.7. The lowest BCUT2D eigenvalue weighted by molar-refractivity contribution is -0.384. The van der Waals surface area contributed by atoms with Crippen molar-refractivity contribution in [2.24, 2.45) is 7.05 Å². The Bertz CT molecular complexity index is 1270. The Morgan fingerprint density at radius 2 is 1.70 bits per heavy atom. The molecule has 5 rings (SSSR count). The van der Waals surface area contributed by atoms with Gasteiger partial charge in [-0.1, -0.05) is 0 Å². The van der Waals surface area contributed by atoms with Crippen LogP contribution in [0.25, 0.3) is 0 Å². The number of aryl methyl sites for hydroxylation is 2. The normalized spacial score (nSPS) is 15.9. The van der Waals surface area contributed by atoms with Gasteiger partial charge in [0.15, 0.2) is 0 Å². The lowest BCUT2D eigenvalue weighted by Crippen LogP contribution is -2.49. The van der Waals surface area contributed by atoms with Gasteiger partial charge in [-0.05, 0) is 62.1 Å². The number of fused-ring (bicyclic) bond motifs is 1. The molecule has 1 aliphatic carbocycles. The van der Waals surface area contributed by atoms with E-state index in [1.165, 1.54) is 36.4 Å². The summed E-state index contributed by atoms with van der Waals surface area (Å²) in [6.07, 6.45) is 3.96. The maximum absolute atomic E-state index is 13.8. The number of anilines is 2. The van der Waals surface area contributed by atoms with E-state index in [4.69, 9.17) is 5.10 Å². The smallest absolute Gasteiger partial charge is 0.269 e. The molecule has 37 heavy (non-hydrogen) atoms. The molecule has 0 atom stereocenters. The van der Waals surface area contributed by atoms with Crippen molar-refractivity contribution in [2.75, 3.05) is 49.1 Å². The largest absolute Gasteiger partial charge is 0.369 e. The maximum Gasteiger partial charge on any atom is 0.269 e. The van der Waals surface area contributed by atoms with Crippen molar-refractivity contribution in [3.8, 4) is 0 Å². The van der Waals surface area contributed by atoms with Crippen LogP contribution in [0.2, 0.25) is 0 Å². The summed E-state index contributed by atoms with van der Waals surface area (Å²) in [5.74, 6) is 0.400. The standard InChI is InChI=1S/C27H31FN6O3/c1-30-26(24-4-2-3-5-25(24)29-30)33(27(35)20-6-10-23(11-7-20)34(36)37)19-16-31-14-17-32(18-15-31)22-12-8-21(28)9-13-22/h6-13H,2-5,14-19H2,1H3. The van der Waals surface area contributed by atoms with Crippen LogP contribution in [-0.2, 0) is 19.9 Å². The molecule has 1 aromatic heterocycles. The van der Waals surface area contributed by atoms with E-state index in [-0.39, 0.29) is 17.4 Å². The van der Waals surface area contributed by atoms with Crippen molar-refractivity contribution < 1.29 is 14.1 Å². The Morgan fingerprint density at radius 3 is 2.38 bits per heavy atom. The number of nitro benzene ring substituents is 1. The van der Waals surface area contributed by atoms with Crippen LogP contribution in [0.15, 0.2) is 48.5 Å². The highest BCUT2D eigenvalue weighted by Gasteiger charge is 2.29. The number of carbonyl (C=O) groups excluding carboxylic acids is 1. The predicted molar refractivity (Wildman–Crippen MR) is 140 cm³/mol. The fourth-order valence-electron chi connectivity index (χ4n) is 5.31. The van der Waals surface area contributed by atoms with Gasteiger partial charge in [0.2, 0.25) is 0 Å². The van der Waals surface area contributed by atoms with Crippen LogP contribution < -0.4 is 9.80 Å². The maximum atomic E-state index is 13.8. The minimum absolute atomic E-state index is 0.0416. The molecule has 0 bridgehead atoms. The third-order valence-electron chi connectivity index (χ3n) is 7.32. The van der Waals surface area contributed by atoms with Gasteiger partial charge in [0.25, 0.3) is 11.6 Å². The lowest BCUT2D eigenvalue weighted by Gasteiger charge is -2.37. The summed E-state index contributed by atoms with van der Waals surface area (Å²) >= 11 is 0. The van der Waals surface area contributed by atoms with E-state index in [0.29, 0.717) is 18.7 Å². The zero-order valence-corrected chi connectivity index (χ0v) is 21.0. The van der Waals surface area contributed by atoms with E-state index in [1.54, 1.807) is 17.0 Å². The first kappa shape index (κ1) is 24.9. The molecule has 9 nitrogen and oxygen atoms in total. The number of hydrogen-bond acceptors (Lipinski definition) is 6. The molecule has 3 aromatic rings. The zero-order valence-electron chi connectivity index (χ0n) is 21.0. The minimum atomic E-state index is -0.463. The number of nitro groups is 1. The zero-order chi connectivity index (χ0) is 25.9. The van der Waals surface area contributed by atoms with Crippen LogP contribution in [0.5, 0.6) is 0 Å². The molecule has 0 N–H and O–H groups in total. The Labute approximate surface area is 215 Å². The van der Waals surface area contributed by atoms with Gasteiger partial charge in [-0.2, -0.15) is 5.10 Å². The molecule has 0 unspecified atom stereocenters. The van der Waals surface area contributed by atoms with Crippen molar-refractivity contribution >= 4 is 23.1 Å².